The maximum absolute atomic E-state index is 13.5. The summed E-state index contributed by atoms with van der Waals surface area (Å²) in [7, 11) is 0. The molecule has 0 saturated heterocycles. The Kier molecular flexibility index (Phi) is 3.77. The molecular formula is C13H9Br2F. The fourth-order valence-electron chi connectivity index (χ4n) is 1.54. The molecule has 16 heavy (non-hydrogen) atoms. The van der Waals surface area contributed by atoms with Gasteiger partial charge in [-0.25, -0.2) is 4.39 Å². The summed E-state index contributed by atoms with van der Waals surface area (Å²) in [6, 6.07) is 13.5. The van der Waals surface area contributed by atoms with Crippen molar-refractivity contribution < 1.29 is 4.39 Å². The van der Waals surface area contributed by atoms with Gasteiger partial charge in [0.25, 0.3) is 0 Å². The van der Waals surface area contributed by atoms with Crippen molar-refractivity contribution in [3.8, 4) is 0 Å². The van der Waals surface area contributed by atoms with Gasteiger partial charge in [-0.15, -0.1) is 0 Å². The summed E-state index contributed by atoms with van der Waals surface area (Å²) in [5.41, 5.74) is 2.13. The zero-order valence-corrected chi connectivity index (χ0v) is 11.6. The largest absolute Gasteiger partial charge is 0.206 e. The normalized spacial score (nSPS) is 10.4. The quantitative estimate of drug-likeness (QED) is 0.677. The highest BCUT2D eigenvalue weighted by Gasteiger charge is 2.06. The van der Waals surface area contributed by atoms with E-state index in [2.05, 4.69) is 31.9 Å². The molecule has 0 radical (unpaired) electrons. The summed E-state index contributed by atoms with van der Waals surface area (Å²) in [6.45, 7) is 0. The van der Waals surface area contributed by atoms with Gasteiger partial charge in [-0.1, -0.05) is 30.3 Å². The van der Waals surface area contributed by atoms with Crippen LogP contribution in [-0.2, 0) is 6.42 Å². The van der Waals surface area contributed by atoms with Crippen molar-refractivity contribution in [2.45, 2.75) is 6.42 Å². The van der Waals surface area contributed by atoms with Gasteiger partial charge >= 0.3 is 0 Å². The highest BCUT2D eigenvalue weighted by molar-refractivity contribution is 9.13. The van der Waals surface area contributed by atoms with Crippen LogP contribution in [0.2, 0.25) is 0 Å². The molecule has 0 unspecified atom stereocenters. The lowest BCUT2D eigenvalue weighted by atomic mass is 10.1. The standard InChI is InChI=1S/C13H9Br2F/c14-11-7-10(8-12(16)13(11)15)6-9-4-2-1-3-5-9/h1-5,7-8H,6H2. The van der Waals surface area contributed by atoms with Crippen molar-refractivity contribution in [1.29, 1.82) is 0 Å². The minimum atomic E-state index is -0.236. The molecule has 0 atom stereocenters. The van der Waals surface area contributed by atoms with Crippen LogP contribution in [-0.4, -0.2) is 0 Å². The van der Waals surface area contributed by atoms with Gasteiger partial charge in [0.1, 0.15) is 5.82 Å². The third-order valence-corrected chi connectivity index (χ3v) is 4.26. The predicted molar refractivity (Wildman–Crippen MR) is 71.0 cm³/mol. The SMILES string of the molecule is Fc1cc(Cc2ccccc2)cc(Br)c1Br. The van der Waals surface area contributed by atoms with E-state index in [1.54, 1.807) is 6.07 Å². The van der Waals surface area contributed by atoms with Gasteiger partial charge in [-0.2, -0.15) is 0 Å². The first-order valence-electron chi connectivity index (χ1n) is 4.84. The fourth-order valence-corrected chi connectivity index (χ4v) is 2.25. The Morgan fingerprint density at radius 3 is 2.25 bits per heavy atom. The maximum Gasteiger partial charge on any atom is 0.138 e. The third kappa shape index (κ3) is 2.71. The van der Waals surface area contributed by atoms with Crippen molar-refractivity contribution in [2.75, 3.05) is 0 Å². The van der Waals surface area contributed by atoms with E-state index in [1.807, 2.05) is 36.4 Å². The number of rotatable bonds is 2. The topological polar surface area (TPSA) is 0 Å². The van der Waals surface area contributed by atoms with Gasteiger partial charge in [0.2, 0.25) is 0 Å². The molecule has 0 amide bonds. The van der Waals surface area contributed by atoms with E-state index < -0.39 is 0 Å². The number of hydrogen-bond acceptors (Lipinski definition) is 0. The van der Waals surface area contributed by atoms with Crippen LogP contribution in [0.15, 0.2) is 51.4 Å². The highest BCUT2D eigenvalue weighted by atomic mass is 79.9. The lowest BCUT2D eigenvalue weighted by Gasteiger charge is -2.05. The first-order chi connectivity index (χ1) is 7.66. The molecule has 2 rings (SSSR count). The molecular weight excluding hydrogens is 335 g/mol. The molecule has 0 saturated carbocycles. The van der Waals surface area contributed by atoms with Crippen molar-refractivity contribution >= 4 is 31.9 Å². The number of benzene rings is 2. The molecule has 0 fully saturated rings. The van der Waals surface area contributed by atoms with Crippen molar-refractivity contribution in [2.24, 2.45) is 0 Å². The second-order valence-corrected chi connectivity index (χ2v) is 5.18. The summed E-state index contributed by atoms with van der Waals surface area (Å²) in [6.07, 6.45) is 0.740. The third-order valence-electron chi connectivity index (χ3n) is 2.29. The van der Waals surface area contributed by atoms with E-state index in [0.29, 0.717) is 4.47 Å². The van der Waals surface area contributed by atoms with E-state index in [1.165, 1.54) is 5.56 Å². The monoisotopic (exact) mass is 342 g/mol. The van der Waals surface area contributed by atoms with Crippen LogP contribution >= 0.6 is 31.9 Å². The average molecular weight is 344 g/mol. The second-order valence-electron chi connectivity index (χ2n) is 3.54. The van der Waals surface area contributed by atoms with Gasteiger partial charge < -0.3 is 0 Å². The molecule has 2 aromatic rings. The molecule has 0 aliphatic carbocycles. The molecule has 0 bridgehead atoms. The maximum atomic E-state index is 13.5. The molecule has 0 N–H and O–H groups in total. The van der Waals surface area contributed by atoms with Crippen LogP contribution in [0.3, 0.4) is 0 Å². The van der Waals surface area contributed by atoms with Crippen molar-refractivity contribution in [1.82, 2.24) is 0 Å². The minimum absolute atomic E-state index is 0.236. The van der Waals surface area contributed by atoms with E-state index in [0.717, 1.165) is 16.5 Å². The lowest BCUT2D eigenvalue weighted by Crippen LogP contribution is -1.90. The van der Waals surface area contributed by atoms with Crippen LogP contribution in [0, 0.1) is 5.82 Å². The number of halogens is 3. The minimum Gasteiger partial charge on any atom is -0.206 e. The first kappa shape index (κ1) is 11.8. The van der Waals surface area contributed by atoms with Gasteiger partial charge in [0.05, 0.1) is 4.47 Å². The molecule has 0 heterocycles. The van der Waals surface area contributed by atoms with Crippen LogP contribution in [0.4, 0.5) is 4.39 Å². The van der Waals surface area contributed by atoms with Crippen LogP contribution in [0.1, 0.15) is 11.1 Å². The van der Waals surface area contributed by atoms with Gasteiger partial charge in [0, 0.05) is 4.47 Å². The summed E-state index contributed by atoms with van der Waals surface area (Å²) < 4.78 is 14.7. The molecule has 3 heteroatoms. The zero-order chi connectivity index (χ0) is 11.5. The summed E-state index contributed by atoms with van der Waals surface area (Å²) >= 11 is 6.50. The van der Waals surface area contributed by atoms with Gasteiger partial charge in [-0.05, 0) is 61.5 Å². The average Bonchev–Trinajstić information content (AvgIpc) is 2.27. The Morgan fingerprint density at radius 1 is 0.938 bits per heavy atom. The zero-order valence-electron chi connectivity index (χ0n) is 8.38. The van der Waals surface area contributed by atoms with Gasteiger partial charge in [0.15, 0.2) is 0 Å². The lowest BCUT2D eigenvalue weighted by molar-refractivity contribution is 0.618. The van der Waals surface area contributed by atoms with Gasteiger partial charge in [-0.3, -0.25) is 0 Å². The van der Waals surface area contributed by atoms with Crippen LogP contribution in [0.5, 0.6) is 0 Å². The van der Waals surface area contributed by atoms with Crippen LogP contribution in [0.25, 0.3) is 0 Å². The Hall–Kier alpha value is -0.670. The summed E-state index contributed by atoms with van der Waals surface area (Å²) in [4.78, 5) is 0. The Labute approximate surface area is 111 Å². The predicted octanol–water partition coefficient (Wildman–Crippen LogP) is 4.94. The highest BCUT2D eigenvalue weighted by Crippen LogP contribution is 2.28. The second kappa shape index (κ2) is 5.11. The summed E-state index contributed by atoms with van der Waals surface area (Å²) in [5, 5.41) is 0. The van der Waals surface area contributed by atoms with Crippen molar-refractivity contribution in [3.05, 3.63) is 68.4 Å². The van der Waals surface area contributed by atoms with E-state index >= 15 is 0 Å². The molecule has 82 valence electrons. The smallest absolute Gasteiger partial charge is 0.138 e. The molecule has 0 aliphatic heterocycles. The van der Waals surface area contributed by atoms with E-state index in [9.17, 15) is 4.39 Å². The Bertz CT molecular complexity index is 472. The number of hydrogen-bond donors (Lipinski definition) is 0. The molecule has 0 aliphatic rings. The Morgan fingerprint density at radius 2 is 1.62 bits per heavy atom. The molecule has 0 spiro atoms. The fraction of sp³-hybridized carbons (Fsp3) is 0.0769. The van der Waals surface area contributed by atoms with Crippen LogP contribution < -0.4 is 0 Å². The molecule has 2 aromatic carbocycles. The Balaban J connectivity index is 2.29. The summed E-state index contributed by atoms with van der Waals surface area (Å²) in [5.74, 6) is -0.236. The van der Waals surface area contributed by atoms with E-state index in [-0.39, 0.29) is 5.82 Å². The van der Waals surface area contributed by atoms with E-state index in [4.69, 9.17) is 0 Å². The van der Waals surface area contributed by atoms with Crippen molar-refractivity contribution in [3.63, 3.8) is 0 Å². The first-order valence-corrected chi connectivity index (χ1v) is 6.43. The molecule has 0 nitrogen and oxygen atoms in total. The molecule has 0 aromatic heterocycles.